The number of nitrogens with zero attached hydrogens (tertiary/aromatic N) is 1. The number of hydrogen-bond donors (Lipinski definition) is 2. The van der Waals surface area contributed by atoms with E-state index in [-0.39, 0.29) is 12.1 Å². The third-order valence-electron chi connectivity index (χ3n) is 3.06. The number of amides is 2. The number of carbonyl (C=O) groups is 1. The molecule has 4 heteroatoms. The van der Waals surface area contributed by atoms with E-state index in [4.69, 9.17) is 0 Å². The fourth-order valence-corrected chi connectivity index (χ4v) is 1.90. The molecule has 0 aliphatic rings. The third kappa shape index (κ3) is 4.91. The van der Waals surface area contributed by atoms with Crippen LogP contribution in [0.3, 0.4) is 0 Å². The number of rotatable bonds is 5. The van der Waals surface area contributed by atoms with Gasteiger partial charge in [-0.1, -0.05) is 26.0 Å². The van der Waals surface area contributed by atoms with Crippen molar-refractivity contribution in [3.8, 4) is 0 Å². The molecule has 4 nitrogen and oxygen atoms in total. The fourth-order valence-electron chi connectivity index (χ4n) is 1.90. The van der Waals surface area contributed by atoms with Crippen molar-refractivity contribution in [3.63, 3.8) is 0 Å². The van der Waals surface area contributed by atoms with Crippen molar-refractivity contribution in [1.29, 1.82) is 0 Å². The van der Waals surface area contributed by atoms with Gasteiger partial charge < -0.3 is 15.5 Å². The Morgan fingerprint density at radius 2 is 2.00 bits per heavy atom. The number of hydrogen-bond acceptors (Lipinski definition) is 2. The van der Waals surface area contributed by atoms with Gasteiger partial charge in [0, 0.05) is 25.3 Å². The van der Waals surface area contributed by atoms with E-state index in [1.165, 1.54) is 0 Å². The van der Waals surface area contributed by atoms with Gasteiger partial charge in [-0.15, -0.1) is 0 Å². The monoisotopic (exact) mass is 263 g/mol. The van der Waals surface area contributed by atoms with Crippen LogP contribution in [-0.4, -0.2) is 31.6 Å². The maximum Gasteiger partial charge on any atom is 0.321 e. The third-order valence-corrected chi connectivity index (χ3v) is 3.06. The lowest BCUT2D eigenvalue weighted by atomic mass is 10.1. The molecule has 1 unspecified atom stereocenters. The molecular weight excluding hydrogens is 238 g/mol. The molecule has 2 N–H and O–H groups in total. The summed E-state index contributed by atoms with van der Waals surface area (Å²) in [7, 11) is 3.74. The summed E-state index contributed by atoms with van der Waals surface area (Å²) in [6.07, 6.45) is 0. The van der Waals surface area contributed by atoms with Crippen LogP contribution < -0.4 is 10.6 Å². The average molecular weight is 263 g/mol. The highest BCUT2D eigenvalue weighted by Crippen LogP contribution is 2.17. The Kier molecular flexibility index (Phi) is 5.83. The molecular formula is C15H25N3O. The number of benzene rings is 1. The van der Waals surface area contributed by atoms with Crippen molar-refractivity contribution in [3.05, 3.63) is 29.8 Å². The molecule has 0 heterocycles. The van der Waals surface area contributed by atoms with Gasteiger partial charge in [-0.05, 0) is 37.6 Å². The Hall–Kier alpha value is -1.55. The quantitative estimate of drug-likeness (QED) is 0.857. The highest BCUT2D eigenvalue weighted by molar-refractivity contribution is 5.89. The summed E-state index contributed by atoms with van der Waals surface area (Å²) in [6.45, 7) is 7.03. The van der Waals surface area contributed by atoms with Crippen molar-refractivity contribution >= 4 is 11.7 Å². The molecule has 19 heavy (non-hydrogen) atoms. The second kappa shape index (κ2) is 7.14. The van der Waals surface area contributed by atoms with E-state index in [1.54, 1.807) is 4.90 Å². The first kappa shape index (κ1) is 15.5. The first-order chi connectivity index (χ1) is 8.93. The predicted molar refractivity (Wildman–Crippen MR) is 80.4 cm³/mol. The number of carbonyl (C=O) groups excluding carboxylic acids is 1. The average Bonchev–Trinajstić information content (AvgIpc) is 2.37. The molecule has 0 fully saturated rings. The summed E-state index contributed by atoms with van der Waals surface area (Å²) < 4.78 is 0. The van der Waals surface area contributed by atoms with Crippen LogP contribution in [0.5, 0.6) is 0 Å². The Labute approximate surface area is 116 Å². The maximum atomic E-state index is 12.0. The molecule has 0 aliphatic carbocycles. The van der Waals surface area contributed by atoms with Crippen molar-refractivity contribution in [2.75, 3.05) is 26.0 Å². The van der Waals surface area contributed by atoms with Gasteiger partial charge in [-0.2, -0.15) is 0 Å². The van der Waals surface area contributed by atoms with Gasteiger partial charge in [-0.25, -0.2) is 4.79 Å². The Balaban J connectivity index is 2.69. The van der Waals surface area contributed by atoms with Crippen LogP contribution in [0.2, 0.25) is 0 Å². The highest BCUT2D eigenvalue weighted by atomic mass is 16.2. The summed E-state index contributed by atoms with van der Waals surface area (Å²) in [6, 6.07) is 8.12. The zero-order valence-electron chi connectivity index (χ0n) is 12.5. The Morgan fingerprint density at radius 1 is 1.32 bits per heavy atom. The Morgan fingerprint density at radius 3 is 2.58 bits per heavy atom. The molecule has 0 aliphatic heterocycles. The van der Waals surface area contributed by atoms with Gasteiger partial charge >= 0.3 is 6.03 Å². The highest BCUT2D eigenvalue weighted by Gasteiger charge is 2.11. The first-order valence-corrected chi connectivity index (χ1v) is 6.73. The van der Waals surface area contributed by atoms with E-state index in [9.17, 15) is 4.79 Å². The van der Waals surface area contributed by atoms with Gasteiger partial charge in [-0.3, -0.25) is 0 Å². The number of urea groups is 1. The number of nitrogens with one attached hydrogen (secondary N) is 2. The lowest BCUT2D eigenvalue weighted by Gasteiger charge is -2.20. The van der Waals surface area contributed by atoms with Gasteiger partial charge in [0.1, 0.15) is 0 Å². The van der Waals surface area contributed by atoms with Gasteiger partial charge in [0.05, 0.1) is 0 Å². The van der Waals surface area contributed by atoms with Crippen LogP contribution in [0.4, 0.5) is 10.5 Å². The molecule has 1 atom stereocenters. The van der Waals surface area contributed by atoms with Crippen LogP contribution in [0.1, 0.15) is 32.4 Å². The minimum atomic E-state index is -0.0667. The smallest absolute Gasteiger partial charge is 0.321 e. The molecule has 1 rings (SSSR count). The van der Waals surface area contributed by atoms with Crippen LogP contribution >= 0.6 is 0 Å². The van der Waals surface area contributed by atoms with Crippen LogP contribution in [-0.2, 0) is 0 Å². The van der Waals surface area contributed by atoms with E-state index >= 15 is 0 Å². The van der Waals surface area contributed by atoms with Crippen LogP contribution in [0.15, 0.2) is 24.3 Å². The molecule has 106 valence electrons. The van der Waals surface area contributed by atoms with Crippen molar-refractivity contribution < 1.29 is 4.79 Å². The molecule has 0 spiro atoms. The standard InChI is InChI=1S/C15H25N3O/c1-11(2)10-18(5)15(19)17-14-8-6-7-13(9-14)12(3)16-4/h6-9,11-12,16H,10H2,1-5H3,(H,17,19). The fraction of sp³-hybridized carbons (Fsp3) is 0.533. The SMILES string of the molecule is CNC(C)c1cccc(NC(=O)N(C)CC(C)C)c1. The second-order valence-corrected chi connectivity index (χ2v) is 5.34. The molecule has 0 aromatic heterocycles. The molecule has 0 radical (unpaired) electrons. The summed E-state index contributed by atoms with van der Waals surface area (Å²) >= 11 is 0. The predicted octanol–water partition coefficient (Wildman–Crippen LogP) is 3.09. The van der Waals surface area contributed by atoms with E-state index < -0.39 is 0 Å². The lowest BCUT2D eigenvalue weighted by Crippen LogP contribution is -2.34. The van der Waals surface area contributed by atoms with E-state index in [1.807, 2.05) is 32.3 Å². The lowest BCUT2D eigenvalue weighted by molar-refractivity contribution is 0.217. The van der Waals surface area contributed by atoms with Crippen molar-refractivity contribution in [2.24, 2.45) is 5.92 Å². The second-order valence-electron chi connectivity index (χ2n) is 5.34. The van der Waals surface area contributed by atoms with Gasteiger partial charge in [0.15, 0.2) is 0 Å². The van der Waals surface area contributed by atoms with Gasteiger partial charge in [0.2, 0.25) is 0 Å². The van der Waals surface area contributed by atoms with Crippen molar-refractivity contribution in [2.45, 2.75) is 26.8 Å². The molecule has 0 saturated carbocycles. The van der Waals surface area contributed by atoms with E-state index in [0.29, 0.717) is 5.92 Å². The number of anilines is 1. The Bertz CT molecular complexity index is 418. The van der Waals surface area contributed by atoms with E-state index in [0.717, 1.165) is 17.8 Å². The first-order valence-electron chi connectivity index (χ1n) is 6.73. The summed E-state index contributed by atoms with van der Waals surface area (Å²) in [5.74, 6) is 0.464. The van der Waals surface area contributed by atoms with Gasteiger partial charge in [0.25, 0.3) is 0 Å². The molecule has 1 aromatic carbocycles. The van der Waals surface area contributed by atoms with Crippen molar-refractivity contribution in [1.82, 2.24) is 10.2 Å². The normalized spacial score (nSPS) is 12.3. The zero-order chi connectivity index (χ0) is 14.4. The molecule has 0 saturated heterocycles. The zero-order valence-corrected chi connectivity index (χ0v) is 12.5. The molecule has 0 bridgehead atoms. The summed E-state index contributed by atoms with van der Waals surface area (Å²) in [5, 5.41) is 6.11. The largest absolute Gasteiger partial charge is 0.327 e. The minimum Gasteiger partial charge on any atom is -0.327 e. The minimum absolute atomic E-state index is 0.0667. The van der Waals surface area contributed by atoms with Crippen LogP contribution in [0.25, 0.3) is 0 Å². The summed E-state index contributed by atoms with van der Waals surface area (Å²) in [5.41, 5.74) is 1.99. The summed E-state index contributed by atoms with van der Waals surface area (Å²) in [4.78, 5) is 13.7. The maximum absolute atomic E-state index is 12.0. The van der Waals surface area contributed by atoms with E-state index in [2.05, 4.69) is 37.5 Å². The van der Waals surface area contributed by atoms with Crippen LogP contribution in [0, 0.1) is 5.92 Å². The molecule has 2 amide bonds. The molecule has 1 aromatic rings. The topological polar surface area (TPSA) is 44.4 Å².